The van der Waals surface area contributed by atoms with E-state index >= 15 is 0 Å². The van der Waals surface area contributed by atoms with E-state index in [0.717, 1.165) is 39.3 Å². The minimum absolute atomic E-state index is 0.0840. The number of aryl methyl sites for hydroxylation is 1. The summed E-state index contributed by atoms with van der Waals surface area (Å²) in [6.07, 6.45) is 1.78. The van der Waals surface area contributed by atoms with Gasteiger partial charge in [-0.25, -0.2) is 4.68 Å². The number of hydrogen-bond acceptors (Lipinski definition) is 6. The Balaban J connectivity index is 1.62. The lowest BCUT2D eigenvalue weighted by Crippen LogP contribution is -2.32. The summed E-state index contributed by atoms with van der Waals surface area (Å²) in [5, 5.41) is 11.3. The maximum Gasteiger partial charge on any atom is 0.227 e. The Kier molecular flexibility index (Phi) is 4.40. The number of aromatic nitrogens is 3. The average molecular weight is 445 g/mol. The van der Waals surface area contributed by atoms with E-state index in [0.29, 0.717) is 0 Å². The lowest BCUT2D eigenvalue weighted by Gasteiger charge is -2.38. The Morgan fingerprint density at radius 2 is 1.90 bits per heavy atom. The molecule has 5 nitrogen and oxygen atoms in total. The van der Waals surface area contributed by atoms with Gasteiger partial charge in [0, 0.05) is 16.0 Å². The van der Waals surface area contributed by atoms with Crippen LogP contribution in [0.4, 0.5) is 5.95 Å². The molecule has 0 spiro atoms. The maximum atomic E-state index is 6.64. The summed E-state index contributed by atoms with van der Waals surface area (Å²) >= 11 is 3.28. The van der Waals surface area contributed by atoms with Gasteiger partial charge in [0.15, 0.2) is 0 Å². The van der Waals surface area contributed by atoms with Crippen molar-refractivity contribution >= 4 is 34.7 Å². The van der Waals surface area contributed by atoms with Gasteiger partial charge in [-0.15, -0.1) is 16.4 Å². The largest absolute Gasteiger partial charge is 0.480 e. The number of thiophene rings is 1. The summed E-state index contributed by atoms with van der Waals surface area (Å²) in [6, 6.07) is 21.0. The number of nitrogens with one attached hydrogen (secondary N) is 1. The molecular formula is C24H20N4OS2. The van der Waals surface area contributed by atoms with E-state index in [1.807, 2.05) is 29.1 Å². The molecule has 0 bridgehead atoms. The van der Waals surface area contributed by atoms with Gasteiger partial charge in [0.2, 0.25) is 11.1 Å². The van der Waals surface area contributed by atoms with Gasteiger partial charge in [-0.05, 0) is 42.3 Å². The van der Waals surface area contributed by atoms with Crippen LogP contribution in [-0.4, -0.2) is 21.0 Å². The molecule has 0 radical (unpaired) electrons. The van der Waals surface area contributed by atoms with Gasteiger partial charge >= 0.3 is 0 Å². The Morgan fingerprint density at radius 3 is 2.68 bits per heavy atom. The number of para-hydroxylation sites is 1. The summed E-state index contributed by atoms with van der Waals surface area (Å²) in [5.74, 6) is 1.64. The molecule has 0 aliphatic carbocycles. The van der Waals surface area contributed by atoms with Crippen LogP contribution in [0.3, 0.4) is 0 Å². The Labute approximate surface area is 188 Å². The summed E-state index contributed by atoms with van der Waals surface area (Å²) in [5.41, 5.74) is 5.65. The van der Waals surface area contributed by atoms with E-state index in [-0.39, 0.29) is 12.1 Å². The molecule has 2 atom stereocenters. The first-order valence-corrected chi connectivity index (χ1v) is 12.2. The van der Waals surface area contributed by atoms with Gasteiger partial charge in [0.1, 0.15) is 17.9 Å². The number of hydrogen-bond donors (Lipinski definition) is 1. The van der Waals surface area contributed by atoms with Crippen LogP contribution >= 0.6 is 23.1 Å². The summed E-state index contributed by atoms with van der Waals surface area (Å²) in [7, 11) is 0. The van der Waals surface area contributed by atoms with Crippen molar-refractivity contribution in [2.45, 2.75) is 24.2 Å². The zero-order chi connectivity index (χ0) is 20.9. The third kappa shape index (κ3) is 2.99. The summed E-state index contributed by atoms with van der Waals surface area (Å²) < 4.78 is 8.65. The molecule has 154 valence electrons. The predicted octanol–water partition coefficient (Wildman–Crippen LogP) is 5.93. The molecule has 2 aliphatic rings. The van der Waals surface area contributed by atoms with E-state index in [1.165, 1.54) is 10.4 Å². The molecule has 0 saturated carbocycles. The molecule has 0 saturated heterocycles. The second-order valence-corrected chi connectivity index (χ2v) is 9.40. The quantitative estimate of drug-likeness (QED) is 0.397. The molecule has 0 fully saturated rings. The Morgan fingerprint density at radius 1 is 1.06 bits per heavy atom. The van der Waals surface area contributed by atoms with Gasteiger partial charge < -0.3 is 10.1 Å². The Bertz CT molecular complexity index is 1290. The van der Waals surface area contributed by atoms with Crippen molar-refractivity contribution < 1.29 is 4.74 Å². The minimum atomic E-state index is -0.222. The molecule has 0 amide bonds. The highest BCUT2D eigenvalue weighted by molar-refractivity contribution is 7.98. The van der Waals surface area contributed by atoms with Crippen LogP contribution in [0.15, 0.2) is 76.8 Å². The van der Waals surface area contributed by atoms with Crippen LogP contribution in [0.2, 0.25) is 0 Å². The molecule has 7 heteroatoms. The van der Waals surface area contributed by atoms with Crippen LogP contribution in [0.5, 0.6) is 5.75 Å². The standard InChI is InChI=1S/C24H20N4OS2/c1-14-9-11-15(12-10-14)22-19-20(16-6-3-4-7-17(16)29-22)25-23-26-24(30-2)27-28(23)21(19)18-8-5-13-31-18/h3-13,21-22H,1-2H3,(H,25,26,27)/t21-,22-/m1/s1. The lowest BCUT2D eigenvalue weighted by molar-refractivity contribution is 0.223. The first-order valence-electron chi connectivity index (χ1n) is 10.1. The lowest BCUT2D eigenvalue weighted by atomic mass is 9.87. The third-order valence-electron chi connectivity index (χ3n) is 5.74. The van der Waals surface area contributed by atoms with E-state index in [2.05, 4.69) is 60.1 Å². The van der Waals surface area contributed by atoms with Gasteiger partial charge in [0.25, 0.3) is 0 Å². The monoisotopic (exact) mass is 444 g/mol. The zero-order valence-corrected chi connectivity index (χ0v) is 18.7. The number of anilines is 1. The molecule has 31 heavy (non-hydrogen) atoms. The number of nitrogens with zero attached hydrogens (tertiary/aromatic N) is 3. The highest BCUT2D eigenvalue weighted by Gasteiger charge is 2.41. The van der Waals surface area contributed by atoms with Crippen molar-refractivity contribution in [2.24, 2.45) is 0 Å². The van der Waals surface area contributed by atoms with Crippen LogP contribution in [0.1, 0.15) is 33.7 Å². The summed E-state index contributed by atoms with van der Waals surface area (Å²) in [6.45, 7) is 2.10. The van der Waals surface area contributed by atoms with Crippen LogP contribution < -0.4 is 10.1 Å². The fraction of sp³-hybridized carbons (Fsp3) is 0.167. The number of ether oxygens (including phenoxy) is 1. The molecule has 4 heterocycles. The van der Waals surface area contributed by atoms with Gasteiger partial charge in [-0.1, -0.05) is 59.8 Å². The minimum Gasteiger partial charge on any atom is -0.480 e. The predicted molar refractivity (Wildman–Crippen MR) is 126 cm³/mol. The number of thioether (sulfide) groups is 1. The number of fused-ring (bicyclic) bond motifs is 3. The van der Waals surface area contributed by atoms with Crippen LogP contribution in [-0.2, 0) is 0 Å². The molecule has 2 aliphatic heterocycles. The van der Waals surface area contributed by atoms with Crippen molar-refractivity contribution in [1.82, 2.24) is 14.8 Å². The fourth-order valence-electron chi connectivity index (χ4n) is 4.28. The summed E-state index contributed by atoms with van der Waals surface area (Å²) in [4.78, 5) is 5.95. The molecule has 2 aromatic carbocycles. The van der Waals surface area contributed by atoms with E-state index in [4.69, 9.17) is 14.8 Å². The highest BCUT2D eigenvalue weighted by atomic mass is 32.2. The molecular weight excluding hydrogens is 424 g/mol. The number of rotatable bonds is 3. The smallest absolute Gasteiger partial charge is 0.227 e. The van der Waals surface area contributed by atoms with Gasteiger partial charge in [-0.2, -0.15) is 4.98 Å². The molecule has 4 aromatic rings. The second-order valence-electron chi connectivity index (χ2n) is 7.64. The second kappa shape index (κ2) is 7.28. The molecule has 1 N–H and O–H groups in total. The first kappa shape index (κ1) is 18.7. The number of benzene rings is 2. The van der Waals surface area contributed by atoms with Crippen LogP contribution in [0, 0.1) is 6.92 Å². The van der Waals surface area contributed by atoms with Crippen molar-refractivity contribution in [2.75, 3.05) is 11.6 Å². The normalized spacial score (nSPS) is 19.2. The maximum absolute atomic E-state index is 6.64. The molecule has 6 rings (SSSR count). The Hall–Kier alpha value is -3.03. The topological polar surface area (TPSA) is 52.0 Å². The van der Waals surface area contributed by atoms with Crippen LogP contribution in [0.25, 0.3) is 5.70 Å². The van der Waals surface area contributed by atoms with E-state index < -0.39 is 0 Å². The molecule has 2 aromatic heterocycles. The van der Waals surface area contributed by atoms with E-state index in [1.54, 1.807) is 23.1 Å². The molecule has 0 unspecified atom stereocenters. The van der Waals surface area contributed by atoms with Crippen molar-refractivity contribution in [3.63, 3.8) is 0 Å². The van der Waals surface area contributed by atoms with Gasteiger partial charge in [-0.3, -0.25) is 0 Å². The zero-order valence-electron chi connectivity index (χ0n) is 17.1. The van der Waals surface area contributed by atoms with Gasteiger partial charge in [0.05, 0.1) is 5.70 Å². The van der Waals surface area contributed by atoms with Crippen molar-refractivity contribution in [1.29, 1.82) is 0 Å². The fourth-order valence-corrected chi connectivity index (χ4v) is 5.46. The van der Waals surface area contributed by atoms with Crippen molar-refractivity contribution in [3.05, 3.63) is 93.2 Å². The average Bonchev–Trinajstić information content (AvgIpc) is 3.47. The van der Waals surface area contributed by atoms with E-state index in [9.17, 15) is 0 Å². The third-order valence-corrected chi connectivity index (χ3v) is 7.20. The SMILES string of the molecule is CSc1nc2n(n1)[C@H](c1cccs1)C1=C(N2)c2ccccc2O[C@@H]1c1ccc(C)cc1. The first-order chi connectivity index (χ1) is 15.2. The van der Waals surface area contributed by atoms with Crippen molar-refractivity contribution in [3.8, 4) is 5.75 Å². The highest BCUT2D eigenvalue weighted by Crippen LogP contribution is 2.51.